The first-order chi connectivity index (χ1) is 11.7. The Morgan fingerprint density at radius 1 is 1.20 bits per heavy atom. The van der Waals surface area contributed by atoms with Gasteiger partial charge in [0.15, 0.2) is 16.4 Å². The number of rotatable bonds is 6. The Morgan fingerprint density at radius 3 is 2.32 bits per heavy atom. The van der Waals surface area contributed by atoms with Crippen molar-refractivity contribution < 1.29 is 22.7 Å². The molecule has 0 radical (unpaired) electrons. The molecule has 0 unspecified atom stereocenters. The molecule has 0 spiro atoms. The first kappa shape index (κ1) is 19.2. The first-order valence-electron chi connectivity index (χ1n) is 8.18. The maximum atomic E-state index is 12.3. The maximum absolute atomic E-state index is 12.3. The summed E-state index contributed by atoms with van der Waals surface area (Å²) in [5.74, 6) is -0.872. The third-order valence-corrected chi connectivity index (χ3v) is 6.01. The van der Waals surface area contributed by atoms with Crippen molar-refractivity contribution in [3.63, 3.8) is 0 Å². The molecule has 2 rings (SSSR count). The van der Waals surface area contributed by atoms with Crippen molar-refractivity contribution in [1.82, 2.24) is 4.90 Å². The molecule has 1 atom stereocenters. The summed E-state index contributed by atoms with van der Waals surface area (Å²) in [5, 5.41) is 0. The predicted octanol–water partition coefficient (Wildman–Crippen LogP) is 0.945. The smallest absolute Gasteiger partial charge is 0.338 e. The van der Waals surface area contributed by atoms with Gasteiger partial charge < -0.3 is 14.5 Å². The summed E-state index contributed by atoms with van der Waals surface area (Å²) in [6, 6.07) is 6.54. The Hall–Kier alpha value is -2.09. The number of hydrogen-bond donors (Lipinski definition) is 0. The van der Waals surface area contributed by atoms with Crippen LogP contribution in [0.5, 0.6) is 0 Å². The average Bonchev–Trinajstić information content (AvgIpc) is 2.93. The molecule has 25 heavy (non-hydrogen) atoms. The van der Waals surface area contributed by atoms with Crippen molar-refractivity contribution in [2.45, 2.75) is 19.4 Å². The van der Waals surface area contributed by atoms with Crippen LogP contribution in [0.15, 0.2) is 24.3 Å². The van der Waals surface area contributed by atoms with Gasteiger partial charge >= 0.3 is 5.97 Å². The van der Waals surface area contributed by atoms with Crippen LogP contribution in [0.4, 0.5) is 5.69 Å². The zero-order chi connectivity index (χ0) is 18.6. The van der Waals surface area contributed by atoms with Gasteiger partial charge in [-0.3, -0.25) is 4.79 Å². The molecule has 7 nitrogen and oxygen atoms in total. The van der Waals surface area contributed by atoms with Crippen LogP contribution in [0.1, 0.15) is 23.7 Å². The molecular weight excluding hydrogens is 344 g/mol. The fourth-order valence-electron chi connectivity index (χ4n) is 2.85. The van der Waals surface area contributed by atoms with Gasteiger partial charge in [0.05, 0.1) is 17.1 Å². The summed E-state index contributed by atoms with van der Waals surface area (Å²) in [7, 11) is 0.720. The van der Waals surface area contributed by atoms with Gasteiger partial charge in [0.25, 0.3) is 5.91 Å². The van der Waals surface area contributed by atoms with Gasteiger partial charge in [0.1, 0.15) is 0 Å². The van der Waals surface area contributed by atoms with E-state index >= 15 is 0 Å². The molecule has 1 saturated heterocycles. The quantitative estimate of drug-likeness (QED) is 0.695. The van der Waals surface area contributed by atoms with E-state index in [1.165, 1.54) is 4.90 Å². The summed E-state index contributed by atoms with van der Waals surface area (Å²) in [4.78, 5) is 27.8. The normalized spacial score (nSPS) is 18.6. The number of carbonyl (C=O) groups excluding carboxylic acids is 2. The second-order valence-electron chi connectivity index (χ2n) is 6.25. The largest absolute Gasteiger partial charge is 0.452 e. The number of ether oxygens (including phenoxy) is 1. The first-order valence-corrected chi connectivity index (χ1v) is 10.00. The molecule has 1 aromatic rings. The van der Waals surface area contributed by atoms with Crippen LogP contribution in [-0.2, 0) is 19.4 Å². The van der Waals surface area contributed by atoms with Crippen LogP contribution >= 0.6 is 0 Å². The van der Waals surface area contributed by atoms with Gasteiger partial charge in [-0.1, -0.05) is 0 Å². The van der Waals surface area contributed by atoms with E-state index < -0.39 is 22.4 Å². The molecule has 8 heteroatoms. The SMILES string of the molecule is CCN(C(=O)COC(=O)c1ccc(N(C)C)cc1)[C@@H]1CCS(=O)(=O)C1. The highest BCUT2D eigenvalue weighted by Crippen LogP contribution is 2.18. The fraction of sp³-hybridized carbons (Fsp3) is 0.529. The van der Waals surface area contributed by atoms with E-state index in [4.69, 9.17) is 4.74 Å². The Morgan fingerprint density at radius 2 is 1.84 bits per heavy atom. The predicted molar refractivity (Wildman–Crippen MR) is 95.5 cm³/mol. The molecule has 1 heterocycles. The summed E-state index contributed by atoms with van der Waals surface area (Å²) in [6.45, 7) is 1.78. The number of carbonyl (C=O) groups is 2. The molecule has 0 N–H and O–H groups in total. The Kier molecular flexibility index (Phi) is 6.05. The molecule has 1 aliphatic heterocycles. The van der Waals surface area contributed by atoms with E-state index in [1.807, 2.05) is 19.0 Å². The number of sulfone groups is 1. The van der Waals surface area contributed by atoms with Gasteiger partial charge in [-0.2, -0.15) is 0 Å². The van der Waals surface area contributed by atoms with Crippen molar-refractivity contribution in [1.29, 1.82) is 0 Å². The topological polar surface area (TPSA) is 84.0 Å². The number of likely N-dealkylation sites (N-methyl/N-ethyl adjacent to an activating group) is 1. The molecule has 1 fully saturated rings. The van der Waals surface area contributed by atoms with Gasteiger partial charge in [-0.15, -0.1) is 0 Å². The lowest BCUT2D eigenvalue weighted by molar-refractivity contribution is -0.136. The Labute approximate surface area is 148 Å². The van der Waals surface area contributed by atoms with E-state index in [0.717, 1.165) is 5.69 Å². The molecule has 0 aromatic heterocycles. The summed E-state index contributed by atoms with van der Waals surface area (Å²) < 4.78 is 28.3. The third kappa shape index (κ3) is 4.94. The highest BCUT2D eigenvalue weighted by molar-refractivity contribution is 7.91. The summed E-state index contributed by atoms with van der Waals surface area (Å²) >= 11 is 0. The van der Waals surface area contributed by atoms with Crippen LogP contribution in [0, 0.1) is 0 Å². The number of anilines is 1. The number of esters is 1. The van der Waals surface area contributed by atoms with Crippen LogP contribution in [0.25, 0.3) is 0 Å². The van der Waals surface area contributed by atoms with Crippen LogP contribution < -0.4 is 4.90 Å². The molecule has 1 amide bonds. The van der Waals surface area contributed by atoms with E-state index in [2.05, 4.69) is 0 Å². The van der Waals surface area contributed by atoms with Crippen molar-refractivity contribution >= 4 is 27.4 Å². The molecule has 0 bridgehead atoms. The maximum Gasteiger partial charge on any atom is 0.338 e. The number of amides is 1. The van der Waals surface area contributed by atoms with Crippen molar-refractivity contribution in [2.24, 2.45) is 0 Å². The number of benzene rings is 1. The van der Waals surface area contributed by atoms with Gasteiger partial charge in [-0.05, 0) is 37.6 Å². The Bertz CT molecular complexity index is 728. The summed E-state index contributed by atoms with van der Waals surface area (Å²) in [5.41, 5.74) is 1.32. The minimum atomic E-state index is -3.08. The lowest BCUT2D eigenvalue weighted by Crippen LogP contribution is -2.43. The second-order valence-corrected chi connectivity index (χ2v) is 8.48. The van der Waals surface area contributed by atoms with Crippen molar-refractivity contribution in [3.8, 4) is 0 Å². The molecule has 1 aliphatic rings. The average molecular weight is 368 g/mol. The lowest BCUT2D eigenvalue weighted by Gasteiger charge is -2.26. The molecule has 0 saturated carbocycles. The monoisotopic (exact) mass is 368 g/mol. The number of nitrogens with zero attached hydrogens (tertiary/aromatic N) is 2. The minimum Gasteiger partial charge on any atom is -0.452 e. The minimum absolute atomic E-state index is 0.0213. The van der Waals surface area contributed by atoms with Gasteiger partial charge in [0, 0.05) is 32.4 Å². The zero-order valence-corrected chi connectivity index (χ0v) is 15.6. The highest BCUT2D eigenvalue weighted by Gasteiger charge is 2.34. The van der Waals surface area contributed by atoms with E-state index in [-0.39, 0.29) is 23.5 Å². The molecule has 138 valence electrons. The van der Waals surface area contributed by atoms with E-state index in [9.17, 15) is 18.0 Å². The van der Waals surface area contributed by atoms with Crippen molar-refractivity contribution in [2.75, 3.05) is 43.7 Å². The lowest BCUT2D eigenvalue weighted by atomic mass is 10.2. The zero-order valence-electron chi connectivity index (χ0n) is 14.8. The van der Waals surface area contributed by atoms with Crippen molar-refractivity contribution in [3.05, 3.63) is 29.8 Å². The third-order valence-electron chi connectivity index (χ3n) is 4.26. The van der Waals surface area contributed by atoms with Gasteiger partial charge in [-0.25, -0.2) is 13.2 Å². The molecule has 0 aliphatic carbocycles. The van der Waals surface area contributed by atoms with Crippen LogP contribution in [0.3, 0.4) is 0 Å². The van der Waals surface area contributed by atoms with E-state index in [1.54, 1.807) is 31.2 Å². The number of hydrogen-bond acceptors (Lipinski definition) is 6. The van der Waals surface area contributed by atoms with E-state index in [0.29, 0.717) is 18.5 Å². The van der Waals surface area contributed by atoms with Crippen LogP contribution in [0.2, 0.25) is 0 Å². The standard InChI is InChI=1S/C17H24N2O5S/c1-4-19(15-9-10-25(22,23)12-15)16(20)11-24-17(21)13-5-7-14(8-6-13)18(2)3/h5-8,15H,4,9-12H2,1-3H3/t15-/m1/s1. The van der Waals surface area contributed by atoms with Gasteiger partial charge in [0.2, 0.25) is 0 Å². The fourth-order valence-corrected chi connectivity index (χ4v) is 4.58. The van der Waals surface area contributed by atoms with Crippen LogP contribution in [-0.4, -0.2) is 70.0 Å². The highest BCUT2D eigenvalue weighted by atomic mass is 32.2. The molecular formula is C17H24N2O5S. The molecule has 1 aromatic carbocycles. The Balaban J connectivity index is 1.92. The summed E-state index contributed by atoms with van der Waals surface area (Å²) in [6.07, 6.45) is 0.432. The second kappa shape index (κ2) is 7.86.